The number of carboxylic acids is 1. The summed E-state index contributed by atoms with van der Waals surface area (Å²) in [5, 5.41) is 17.3. The molecule has 2 N–H and O–H groups in total. The molecule has 0 aromatic carbocycles. The summed E-state index contributed by atoms with van der Waals surface area (Å²) in [6.07, 6.45) is -1.92. The summed E-state index contributed by atoms with van der Waals surface area (Å²) in [4.78, 5) is 10.2. The number of carboxylic acid groups (broad SMARTS) is 1. The number of ether oxygens (including phenoxy) is 1. The second-order valence-corrected chi connectivity index (χ2v) is 2.24. The van der Waals surface area contributed by atoms with Crippen LogP contribution in [0.25, 0.3) is 0 Å². The molecule has 10 heavy (non-hydrogen) atoms. The van der Waals surface area contributed by atoms with E-state index in [1.807, 2.05) is 0 Å². The molecule has 1 aliphatic rings. The molecule has 5 heteroatoms. The van der Waals surface area contributed by atoms with E-state index in [0.717, 1.165) is 0 Å². The molecule has 0 spiro atoms. The van der Waals surface area contributed by atoms with E-state index in [1.54, 1.807) is 0 Å². The highest BCUT2D eigenvalue weighted by Gasteiger charge is 2.36. The molecule has 2 radical (unpaired) electrons. The first-order valence-electron chi connectivity index (χ1n) is 2.93. The second-order valence-electron chi connectivity index (χ2n) is 2.24. The van der Waals surface area contributed by atoms with Crippen molar-refractivity contribution in [1.29, 1.82) is 0 Å². The third kappa shape index (κ3) is 1.30. The molecule has 54 valence electrons. The Morgan fingerprint density at radius 2 is 2.30 bits per heavy atom. The van der Waals surface area contributed by atoms with E-state index in [9.17, 15) is 4.79 Å². The lowest BCUT2D eigenvalue weighted by molar-refractivity contribution is -0.151. The monoisotopic (exact) mass is 142 g/mol. The van der Waals surface area contributed by atoms with Gasteiger partial charge in [-0.25, -0.2) is 4.79 Å². The number of aliphatic carboxylic acids is 1. The van der Waals surface area contributed by atoms with Gasteiger partial charge in [0.1, 0.15) is 7.85 Å². The highest BCUT2D eigenvalue weighted by molar-refractivity contribution is 6.11. The molecule has 0 saturated carbocycles. The van der Waals surface area contributed by atoms with Gasteiger partial charge in [0.25, 0.3) is 0 Å². The lowest BCUT2D eigenvalue weighted by Gasteiger charge is -2.06. The summed E-state index contributed by atoms with van der Waals surface area (Å²) < 4.78 is 4.66. The topological polar surface area (TPSA) is 66.8 Å². The van der Waals surface area contributed by atoms with E-state index >= 15 is 0 Å². The minimum absolute atomic E-state index is 0.191. The first kappa shape index (κ1) is 7.56. The largest absolute Gasteiger partial charge is 0.479 e. The molecule has 1 fully saturated rings. The fourth-order valence-corrected chi connectivity index (χ4v) is 0.919. The van der Waals surface area contributed by atoms with Gasteiger partial charge in [-0.1, -0.05) is 0 Å². The number of hydrogen-bond acceptors (Lipinski definition) is 3. The summed E-state index contributed by atoms with van der Waals surface area (Å²) >= 11 is 0. The second kappa shape index (κ2) is 2.60. The third-order valence-corrected chi connectivity index (χ3v) is 1.39. The predicted molar refractivity (Wildman–Crippen MR) is 32.7 cm³/mol. The smallest absolute Gasteiger partial charge is 0.335 e. The van der Waals surface area contributed by atoms with E-state index in [1.165, 1.54) is 0 Å². The van der Waals surface area contributed by atoms with Crippen LogP contribution in [0.2, 0.25) is 0 Å². The van der Waals surface area contributed by atoms with Gasteiger partial charge in [-0.15, -0.1) is 0 Å². The SMILES string of the molecule is [B][C@H]1C[C@@H](O)[C@@H](C(=O)O)O1. The van der Waals surface area contributed by atoms with Gasteiger partial charge in [0, 0.05) is 6.00 Å². The molecular weight excluding hydrogens is 135 g/mol. The first-order chi connectivity index (χ1) is 4.61. The van der Waals surface area contributed by atoms with E-state index in [2.05, 4.69) is 4.74 Å². The van der Waals surface area contributed by atoms with Crippen LogP contribution >= 0.6 is 0 Å². The Kier molecular flexibility index (Phi) is 1.96. The lowest BCUT2D eigenvalue weighted by atomic mass is 9.96. The van der Waals surface area contributed by atoms with E-state index in [-0.39, 0.29) is 6.42 Å². The minimum Gasteiger partial charge on any atom is -0.479 e. The molecule has 0 aromatic heterocycles. The van der Waals surface area contributed by atoms with Gasteiger partial charge in [-0.2, -0.15) is 0 Å². The van der Waals surface area contributed by atoms with Crippen molar-refractivity contribution in [2.24, 2.45) is 0 Å². The van der Waals surface area contributed by atoms with Crippen molar-refractivity contribution < 1.29 is 19.7 Å². The maximum atomic E-state index is 10.2. The summed E-state index contributed by atoms with van der Waals surface area (Å²) in [5.41, 5.74) is 0. The third-order valence-electron chi connectivity index (χ3n) is 1.39. The Balaban J connectivity index is 2.54. The number of hydrogen-bond donors (Lipinski definition) is 2. The summed E-state index contributed by atoms with van der Waals surface area (Å²) in [7, 11) is 5.21. The van der Waals surface area contributed by atoms with Crippen molar-refractivity contribution >= 4 is 13.8 Å². The molecule has 4 nitrogen and oxygen atoms in total. The molecule has 0 aliphatic carbocycles. The fourth-order valence-electron chi connectivity index (χ4n) is 0.919. The zero-order valence-electron chi connectivity index (χ0n) is 5.23. The van der Waals surface area contributed by atoms with Crippen molar-refractivity contribution in [2.75, 3.05) is 0 Å². The van der Waals surface area contributed by atoms with Crippen LogP contribution in [0.5, 0.6) is 0 Å². The minimum atomic E-state index is -1.17. The van der Waals surface area contributed by atoms with Crippen LogP contribution in [-0.2, 0) is 9.53 Å². The standard InChI is InChI=1S/C5H7BO4/c6-3-1-2(7)4(10-3)5(8)9/h2-4,7H,1H2,(H,8,9)/t2-,3-,4+/m1/s1. The summed E-state index contributed by atoms with van der Waals surface area (Å²) in [6, 6.07) is -0.643. The maximum absolute atomic E-state index is 10.2. The van der Waals surface area contributed by atoms with Crippen LogP contribution in [0.3, 0.4) is 0 Å². The van der Waals surface area contributed by atoms with Gasteiger partial charge >= 0.3 is 5.97 Å². The first-order valence-corrected chi connectivity index (χ1v) is 2.93. The Morgan fingerprint density at radius 3 is 2.50 bits per heavy atom. The molecule has 1 heterocycles. The van der Waals surface area contributed by atoms with Crippen molar-refractivity contribution in [3.63, 3.8) is 0 Å². The molecule has 0 amide bonds. The fraction of sp³-hybridized carbons (Fsp3) is 0.800. The molecule has 1 rings (SSSR count). The molecule has 1 saturated heterocycles. The maximum Gasteiger partial charge on any atom is 0.335 e. The average Bonchev–Trinajstić information content (AvgIpc) is 2.10. The van der Waals surface area contributed by atoms with Crippen molar-refractivity contribution in [3.8, 4) is 0 Å². The average molecular weight is 142 g/mol. The zero-order valence-corrected chi connectivity index (χ0v) is 5.23. The molecule has 3 atom stereocenters. The van der Waals surface area contributed by atoms with E-state index < -0.39 is 24.2 Å². The van der Waals surface area contributed by atoms with Crippen LogP contribution in [0.1, 0.15) is 6.42 Å². The number of rotatable bonds is 1. The number of aliphatic hydroxyl groups is 1. The number of carbonyl (C=O) groups is 1. The predicted octanol–water partition coefficient (Wildman–Crippen LogP) is -1.28. The van der Waals surface area contributed by atoms with Gasteiger partial charge < -0.3 is 14.9 Å². The van der Waals surface area contributed by atoms with Crippen molar-refractivity contribution in [1.82, 2.24) is 0 Å². The summed E-state index contributed by atoms with van der Waals surface area (Å²) in [5.74, 6) is -1.17. The quantitative estimate of drug-likeness (QED) is 0.447. The van der Waals surface area contributed by atoms with Crippen LogP contribution in [0, 0.1) is 0 Å². The van der Waals surface area contributed by atoms with E-state index in [4.69, 9.17) is 18.1 Å². The highest BCUT2D eigenvalue weighted by atomic mass is 16.5. The normalized spacial score (nSPS) is 39.9. The van der Waals surface area contributed by atoms with Crippen LogP contribution in [-0.4, -0.2) is 42.2 Å². The van der Waals surface area contributed by atoms with E-state index in [0.29, 0.717) is 0 Å². The van der Waals surface area contributed by atoms with Gasteiger partial charge in [0.2, 0.25) is 0 Å². The Labute approximate surface area is 59.2 Å². The molecule has 0 bridgehead atoms. The molecular formula is C5H7BO4. The zero-order chi connectivity index (χ0) is 7.72. The van der Waals surface area contributed by atoms with Gasteiger partial charge in [0.05, 0.1) is 6.10 Å². The Bertz CT molecular complexity index is 149. The van der Waals surface area contributed by atoms with Gasteiger partial charge in [0.15, 0.2) is 6.10 Å². The Morgan fingerprint density at radius 1 is 1.70 bits per heavy atom. The van der Waals surface area contributed by atoms with Crippen LogP contribution in [0.4, 0.5) is 0 Å². The van der Waals surface area contributed by atoms with Crippen LogP contribution < -0.4 is 0 Å². The van der Waals surface area contributed by atoms with Crippen molar-refractivity contribution in [3.05, 3.63) is 0 Å². The summed E-state index contributed by atoms with van der Waals surface area (Å²) in [6.45, 7) is 0. The number of aliphatic hydroxyl groups excluding tert-OH is 1. The molecule has 1 aliphatic heterocycles. The molecule has 0 unspecified atom stereocenters. The van der Waals surface area contributed by atoms with Crippen molar-refractivity contribution in [2.45, 2.75) is 24.6 Å². The highest BCUT2D eigenvalue weighted by Crippen LogP contribution is 2.17. The van der Waals surface area contributed by atoms with Crippen LogP contribution in [0.15, 0.2) is 0 Å². The van der Waals surface area contributed by atoms with Gasteiger partial charge in [-0.05, 0) is 6.42 Å². The Hall–Kier alpha value is -0.545. The van der Waals surface area contributed by atoms with Gasteiger partial charge in [-0.3, -0.25) is 0 Å². The molecule has 0 aromatic rings. The lowest BCUT2D eigenvalue weighted by Crippen LogP contribution is -2.29.